The topological polar surface area (TPSA) is 57.3 Å². The summed E-state index contributed by atoms with van der Waals surface area (Å²) in [5.74, 6) is 0. The molecule has 90 valence electrons. The first-order valence-electron chi connectivity index (χ1n) is 5.28. The maximum absolute atomic E-state index is 11.9. The molecule has 0 aromatic rings. The molecule has 15 heavy (non-hydrogen) atoms. The van der Waals surface area contributed by atoms with E-state index in [9.17, 15) is 4.57 Å². The Hall–Kier alpha value is 0.0700. The normalized spacial score (nSPS) is 22.7. The van der Waals surface area contributed by atoms with Gasteiger partial charge in [-0.25, -0.2) is 4.57 Å². The van der Waals surface area contributed by atoms with Gasteiger partial charge in [-0.1, -0.05) is 0 Å². The molecule has 1 rings (SSSR count). The number of hydrogen-bond acceptors (Lipinski definition) is 5. The largest absolute Gasteiger partial charge is 0.475 e. The first-order valence-corrected chi connectivity index (χ1v) is 6.74. The first-order chi connectivity index (χ1) is 7.09. The summed E-state index contributed by atoms with van der Waals surface area (Å²) in [7, 11) is -3.36. The summed E-state index contributed by atoms with van der Waals surface area (Å²) >= 11 is 0. The molecule has 0 radical (unpaired) electrons. The van der Waals surface area contributed by atoms with Gasteiger partial charge >= 0.3 is 7.82 Å². The molecule has 1 fully saturated rings. The number of phosphoric ester groups is 1. The van der Waals surface area contributed by atoms with E-state index >= 15 is 0 Å². The summed E-state index contributed by atoms with van der Waals surface area (Å²) in [5, 5.41) is 0. The van der Waals surface area contributed by atoms with Crippen molar-refractivity contribution in [2.75, 3.05) is 19.8 Å². The minimum Gasteiger partial charge on any atom is -0.373 e. The van der Waals surface area contributed by atoms with Crippen molar-refractivity contribution in [1.82, 2.24) is 0 Å². The highest BCUT2D eigenvalue weighted by Gasteiger charge is 2.32. The van der Waals surface area contributed by atoms with E-state index in [0.29, 0.717) is 13.2 Å². The van der Waals surface area contributed by atoms with Crippen LogP contribution in [0.5, 0.6) is 0 Å². The van der Waals surface area contributed by atoms with Gasteiger partial charge in [0.25, 0.3) is 0 Å². The highest BCUT2D eigenvalue weighted by atomic mass is 31.2. The Balaban J connectivity index is 2.37. The molecule has 0 spiro atoms. The third-order valence-corrected chi connectivity index (χ3v) is 3.65. The molecule has 6 heteroatoms. The Labute approximate surface area is 90.7 Å². The van der Waals surface area contributed by atoms with Crippen molar-refractivity contribution in [2.24, 2.45) is 0 Å². The third-order valence-electron chi connectivity index (χ3n) is 1.88. The molecule has 0 bridgehead atoms. The highest BCUT2D eigenvalue weighted by molar-refractivity contribution is 7.48. The number of rotatable bonds is 8. The highest BCUT2D eigenvalue weighted by Crippen LogP contribution is 2.50. The molecule has 0 unspecified atom stereocenters. The molecular weight excluding hydrogens is 219 g/mol. The van der Waals surface area contributed by atoms with Crippen molar-refractivity contribution in [2.45, 2.75) is 39.4 Å². The second kappa shape index (κ2) is 5.97. The first kappa shape index (κ1) is 13.1. The van der Waals surface area contributed by atoms with Crippen LogP contribution >= 0.6 is 7.82 Å². The van der Waals surface area contributed by atoms with Crippen molar-refractivity contribution in [3.05, 3.63) is 0 Å². The van der Waals surface area contributed by atoms with Crippen molar-refractivity contribution < 1.29 is 22.9 Å². The van der Waals surface area contributed by atoms with Gasteiger partial charge in [0.15, 0.2) is 0 Å². The van der Waals surface area contributed by atoms with E-state index in [1.807, 2.05) is 6.92 Å². The Kier molecular flexibility index (Phi) is 5.23. The van der Waals surface area contributed by atoms with Crippen molar-refractivity contribution in [3.8, 4) is 0 Å². The quantitative estimate of drug-likeness (QED) is 0.480. The number of phosphoric acid groups is 1. The molecule has 0 aromatic carbocycles. The molecule has 0 aliphatic carbocycles. The SMILES string of the molecule is CCOP(=O)(OCC)O[C@@H](C)C[C@H]1CO1. The van der Waals surface area contributed by atoms with Gasteiger partial charge in [-0.15, -0.1) is 0 Å². The lowest BCUT2D eigenvalue weighted by Crippen LogP contribution is -2.12. The number of ether oxygens (including phenoxy) is 1. The Morgan fingerprint density at radius 1 is 1.40 bits per heavy atom. The fourth-order valence-corrected chi connectivity index (χ4v) is 2.61. The van der Waals surface area contributed by atoms with Crippen LogP contribution in [0.15, 0.2) is 0 Å². The van der Waals surface area contributed by atoms with Crippen LogP contribution in [0.25, 0.3) is 0 Å². The van der Waals surface area contributed by atoms with E-state index in [1.54, 1.807) is 13.8 Å². The predicted octanol–water partition coefficient (Wildman–Crippen LogP) is 2.36. The molecule has 1 saturated heterocycles. The Morgan fingerprint density at radius 3 is 2.33 bits per heavy atom. The predicted molar refractivity (Wildman–Crippen MR) is 55.8 cm³/mol. The monoisotopic (exact) mass is 238 g/mol. The minimum absolute atomic E-state index is 0.179. The van der Waals surface area contributed by atoms with Crippen LogP contribution in [0, 0.1) is 0 Å². The van der Waals surface area contributed by atoms with Crippen molar-refractivity contribution in [1.29, 1.82) is 0 Å². The van der Waals surface area contributed by atoms with E-state index in [2.05, 4.69) is 0 Å². The average molecular weight is 238 g/mol. The zero-order chi connectivity index (χ0) is 11.3. The van der Waals surface area contributed by atoms with Crippen LogP contribution in [-0.2, 0) is 22.9 Å². The van der Waals surface area contributed by atoms with Gasteiger partial charge in [0.05, 0.1) is 32.0 Å². The van der Waals surface area contributed by atoms with Gasteiger partial charge in [0.2, 0.25) is 0 Å². The average Bonchev–Trinajstić information content (AvgIpc) is 2.87. The summed E-state index contributed by atoms with van der Waals surface area (Å²) in [6.07, 6.45) is 0.794. The minimum atomic E-state index is -3.36. The van der Waals surface area contributed by atoms with Crippen molar-refractivity contribution >= 4 is 7.82 Å². The van der Waals surface area contributed by atoms with E-state index in [1.165, 1.54) is 0 Å². The summed E-state index contributed by atoms with van der Waals surface area (Å²) in [4.78, 5) is 0. The second-order valence-electron chi connectivity index (χ2n) is 3.39. The second-order valence-corrected chi connectivity index (χ2v) is 5.01. The summed E-state index contributed by atoms with van der Waals surface area (Å²) in [6, 6.07) is 0. The molecule has 1 aliphatic rings. The van der Waals surface area contributed by atoms with E-state index in [-0.39, 0.29) is 12.2 Å². The molecule has 1 heterocycles. The summed E-state index contributed by atoms with van der Waals surface area (Å²) in [6.45, 7) is 6.73. The third kappa shape index (κ3) is 5.09. The van der Waals surface area contributed by atoms with Gasteiger partial charge in [-0.2, -0.15) is 0 Å². The van der Waals surface area contributed by atoms with E-state index in [4.69, 9.17) is 18.3 Å². The molecule has 0 aromatic heterocycles. The van der Waals surface area contributed by atoms with Gasteiger partial charge < -0.3 is 4.74 Å². The number of hydrogen-bond donors (Lipinski definition) is 0. The molecule has 2 atom stereocenters. The van der Waals surface area contributed by atoms with E-state index < -0.39 is 7.82 Å². The van der Waals surface area contributed by atoms with Crippen LogP contribution in [0.4, 0.5) is 0 Å². The lowest BCUT2D eigenvalue weighted by atomic mass is 10.2. The summed E-state index contributed by atoms with van der Waals surface area (Å²) < 4.78 is 32.3. The zero-order valence-electron chi connectivity index (χ0n) is 9.47. The van der Waals surface area contributed by atoms with Gasteiger partial charge in [0.1, 0.15) is 0 Å². The zero-order valence-corrected chi connectivity index (χ0v) is 10.4. The molecular formula is C9H19O5P. The van der Waals surface area contributed by atoms with Gasteiger partial charge in [0, 0.05) is 6.42 Å². The lowest BCUT2D eigenvalue weighted by Gasteiger charge is -2.20. The smallest absolute Gasteiger partial charge is 0.373 e. The van der Waals surface area contributed by atoms with Gasteiger partial charge in [-0.05, 0) is 20.8 Å². The van der Waals surface area contributed by atoms with Crippen LogP contribution in [-0.4, -0.2) is 32.0 Å². The van der Waals surface area contributed by atoms with Gasteiger partial charge in [-0.3, -0.25) is 13.6 Å². The van der Waals surface area contributed by atoms with E-state index in [0.717, 1.165) is 13.0 Å². The lowest BCUT2D eigenvalue weighted by molar-refractivity contribution is 0.0840. The fourth-order valence-electron chi connectivity index (χ4n) is 1.25. The van der Waals surface area contributed by atoms with Crippen LogP contribution < -0.4 is 0 Å². The molecule has 0 saturated carbocycles. The maximum atomic E-state index is 11.9. The Morgan fingerprint density at radius 2 is 1.93 bits per heavy atom. The van der Waals surface area contributed by atoms with Crippen LogP contribution in [0.1, 0.15) is 27.2 Å². The standard InChI is InChI=1S/C9H19O5P/c1-4-12-15(10,13-5-2)14-8(3)6-9-7-11-9/h8-9H,4-7H2,1-3H3/t8-,9-/m0/s1. The Bertz CT molecular complexity index is 219. The van der Waals surface area contributed by atoms with Crippen LogP contribution in [0.2, 0.25) is 0 Å². The molecule has 1 aliphatic heterocycles. The van der Waals surface area contributed by atoms with Crippen LogP contribution in [0.3, 0.4) is 0 Å². The summed E-state index contributed by atoms with van der Waals surface area (Å²) in [5.41, 5.74) is 0. The molecule has 0 amide bonds. The fraction of sp³-hybridized carbons (Fsp3) is 1.00. The van der Waals surface area contributed by atoms with Crippen molar-refractivity contribution in [3.63, 3.8) is 0 Å². The molecule has 0 N–H and O–H groups in total. The maximum Gasteiger partial charge on any atom is 0.475 e. The molecule has 5 nitrogen and oxygen atoms in total. The number of epoxide rings is 1.